The van der Waals surface area contributed by atoms with Gasteiger partial charge >= 0.3 is 0 Å². The first-order valence-electron chi connectivity index (χ1n) is 21.4. The molecule has 3 aromatic rings. The number of aliphatic imine (C=N–C) groups is 1. The fourth-order valence-corrected chi connectivity index (χ4v) is 12.7. The zero-order valence-corrected chi connectivity index (χ0v) is 36.9. The van der Waals surface area contributed by atoms with Crippen LogP contribution in [0, 0.1) is 35.5 Å². The maximum Gasteiger partial charge on any atom is 0.299 e. The van der Waals surface area contributed by atoms with E-state index in [1.54, 1.807) is 0 Å². The molecule has 0 amide bonds. The number of hydrogen-bond donors (Lipinski definition) is 5. The average molecular weight is 822 g/mol. The Morgan fingerprint density at radius 3 is 2.44 bits per heavy atom. The summed E-state index contributed by atoms with van der Waals surface area (Å²) < 4.78 is 10.2. The first-order chi connectivity index (χ1) is 27.9. The summed E-state index contributed by atoms with van der Waals surface area (Å²) in [5.74, 6) is 0.393. The van der Waals surface area contributed by atoms with E-state index in [2.05, 4.69) is 72.5 Å². The van der Waals surface area contributed by atoms with Crippen LogP contribution in [0.15, 0.2) is 70.1 Å². The van der Waals surface area contributed by atoms with Gasteiger partial charge < -0.3 is 35.8 Å². The SMILES string of the molecule is CC(=C1\CCCN(C2=CC=C(c3cnn(CC45CC(C)(C)CC(OCCN6CCCC6)(CC(C)(C)C4)C5)c3C)C(=C(O)O)N2)C1=N)/C(N)=N\c1nc2ccc(C)cc2s1. The summed E-state index contributed by atoms with van der Waals surface area (Å²) in [6, 6.07) is 6.12. The number of allylic oxidation sites excluding steroid dienone is 3. The molecule has 5 aliphatic rings. The Kier molecular flexibility index (Phi) is 10.9. The molecule has 5 heterocycles. The van der Waals surface area contributed by atoms with Gasteiger partial charge in [-0.2, -0.15) is 5.10 Å². The van der Waals surface area contributed by atoms with Crippen LogP contribution in [-0.2, 0) is 11.3 Å². The van der Waals surface area contributed by atoms with Crippen molar-refractivity contribution in [1.82, 2.24) is 29.9 Å². The van der Waals surface area contributed by atoms with E-state index in [0.717, 1.165) is 96.4 Å². The number of nitrogens with zero attached hydrogens (tertiary/aromatic N) is 6. The highest BCUT2D eigenvalue weighted by Crippen LogP contribution is 2.63. The van der Waals surface area contributed by atoms with Gasteiger partial charge in [-0.25, -0.2) is 9.98 Å². The van der Waals surface area contributed by atoms with Gasteiger partial charge in [0, 0.05) is 42.0 Å². The molecule has 2 bridgehead atoms. The highest BCUT2D eigenvalue weighted by Gasteiger charge is 2.59. The van der Waals surface area contributed by atoms with Crippen molar-refractivity contribution >= 4 is 43.9 Å². The molecule has 8 rings (SSSR count). The number of amidine groups is 2. The largest absolute Gasteiger partial charge is 0.480 e. The number of thiazole rings is 1. The standard InChI is InChI=1S/C46H63N9O3S/c1-29-12-14-35-36(21-29)59-42(50-35)52-39(47)30(2)32-11-10-18-54(40(32)48)37-15-13-33(38(51-37)41(56)57)34-22-49-55(31(34)3)28-45-23-43(4,5)25-46(27-45,26-44(6,7)24-45)58-20-19-53-16-8-9-17-53/h12-15,21-22,48,51,56-57H,8-11,16-20,23-28H2,1-7H3,(H2,47,50,52)/b32-30-,48-40?. The molecule has 0 radical (unpaired) electrons. The van der Waals surface area contributed by atoms with E-state index in [0.29, 0.717) is 41.2 Å². The van der Waals surface area contributed by atoms with Crippen LogP contribution in [0.3, 0.4) is 0 Å². The fraction of sp³-hybridized carbons (Fsp3) is 0.565. The van der Waals surface area contributed by atoms with E-state index in [9.17, 15) is 15.6 Å². The molecule has 13 heteroatoms. The Bertz CT molecular complexity index is 2280. The number of fused-ring (bicyclic) bond motifs is 3. The van der Waals surface area contributed by atoms with Crippen LogP contribution in [0.5, 0.6) is 0 Å². The summed E-state index contributed by atoms with van der Waals surface area (Å²) in [6.07, 6.45) is 15.1. The molecule has 0 unspecified atom stereocenters. The van der Waals surface area contributed by atoms with Crippen molar-refractivity contribution in [1.29, 1.82) is 5.41 Å². The lowest BCUT2D eigenvalue weighted by molar-refractivity contribution is -0.197. The first kappa shape index (κ1) is 41.3. The number of aromatic nitrogens is 3. The lowest BCUT2D eigenvalue weighted by Gasteiger charge is -2.61. The van der Waals surface area contributed by atoms with Gasteiger partial charge in [-0.1, -0.05) is 45.1 Å². The third-order valence-corrected chi connectivity index (χ3v) is 14.2. The van der Waals surface area contributed by atoms with Gasteiger partial charge in [0.15, 0.2) is 0 Å². The number of aliphatic hydroxyl groups excluding tert-OH is 1. The van der Waals surface area contributed by atoms with Crippen molar-refractivity contribution in [3.8, 4) is 0 Å². The summed E-state index contributed by atoms with van der Waals surface area (Å²) in [7, 11) is 0. The Hall–Kier alpha value is -4.46. The number of aliphatic hydroxyl groups is 2. The Morgan fingerprint density at radius 1 is 1.00 bits per heavy atom. The van der Waals surface area contributed by atoms with Crippen LogP contribution in [0.2, 0.25) is 0 Å². The summed E-state index contributed by atoms with van der Waals surface area (Å²) >= 11 is 1.49. The van der Waals surface area contributed by atoms with Crippen molar-refractivity contribution in [3.63, 3.8) is 0 Å². The van der Waals surface area contributed by atoms with Crippen LogP contribution in [0.4, 0.5) is 5.13 Å². The van der Waals surface area contributed by atoms with Gasteiger partial charge in [0.25, 0.3) is 5.95 Å². The second-order valence-corrected chi connectivity index (χ2v) is 20.7. The number of aryl methyl sites for hydroxylation is 1. The normalized spacial score (nSPS) is 26.8. The number of ether oxygens (including phenoxy) is 1. The monoisotopic (exact) mass is 821 g/mol. The molecule has 2 saturated heterocycles. The molecule has 3 aliphatic heterocycles. The third-order valence-electron chi connectivity index (χ3n) is 13.3. The van der Waals surface area contributed by atoms with Crippen LogP contribution in [-0.4, -0.2) is 84.8 Å². The van der Waals surface area contributed by atoms with E-state index >= 15 is 0 Å². The number of benzene rings is 1. The van der Waals surface area contributed by atoms with Crippen molar-refractivity contribution < 1.29 is 14.9 Å². The molecule has 2 aliphatic carbocycles. The summed E-state index contributed by atoms with van der Waals surface area (Å²) in [5.41, 5.74) is 12.9. The molecule has 316 valence electrons. The third kappa shape index (κ3) is 8.48. The second-order valence-electron chi connectivity index (χ2n) is 19.7. The van der Waals surface area contributed by atoms with Crippen LogP contribution < -0.4 is 11.1 Å². The first-order valence-corrected chi connectivity index (χ1v) is 22.2. The number of rotatable bonds is 10. The quantitative estimate of drug-likeness (QED) is 0.0763. The van der Waals surface area contributed by atoms with E-state index < -0.39 is 5.95 Å². The summed E-state index contributed by atoms with van der Waals surface area (Å²) in [5, 5.41) is 39.5. The van der Waals surface area contributed by atoms with E-state index in [1.165, 1.54) is 37.3 Å². The zero-order valence-electron chi connectivity index (χ0n) is 36.0. The minimum atomic E-state index is -0.815. The van der Waals surface area contributed by atoms with E-state index in [4.69, 9.17) is 15.6 Å². The molecule has 2 saturated carbocycles. The van der Waals surface area contributed by atoms with Crippen molar-refractivity contribution in [2.24, 2.45) is 27.0 Å². The van der Waals surface area contributed by atoms with Crippen molar-refractivity contribution in [2.45, 2.75) is 118 Å². The van der Waals surface area contributed by atoms with Crippen LogP contribution in [0.1, 0.15) is 109 Å². The maximum absolute atomic E-state index is 10.7. The number of nitrogens with one attached hydrogen (secondary N) is 2. The highest BCUT2D eigenvalue weighted by atomic mass is 32.1. The fourth-order valence-electron chi connectivity index (χ4n) is 11.7. The van der Waals surface area contributed by atoms with Crippen LogP contribution in [0.25, 0.3) is 15.8 Å². The highest BCUT2D eigenvalue weighted by molar-refractivity contribution is 7.22. The molecular formula is C46H63N9O3S. The zero-order chi connectivity index (χ0) is 41.9. The molecule has 1 aromatic carbocycles. The maximum atomic E-state index is 10.7. The molecule has 4 fully saturated rings. The molecule has 2 aromatic heterocycles. The van der Waals surface area contributed by atoms with Gasteiger partial charge in [-0.15, -0.1) is 0 Å². The number of piperidine rings is 1. The Morgan fingerprint density at radius 2 is 1.73 bits per heavy atom. The van der Waals surface area contributed by atoms with Gasteiger partial charge in [-0.3, -0.25) is 10.1 Å². The van der Waals surface area contributed by atoms with Gasteiger partial charge in [0.05, 0.1) is 28.6 Å². The number of hydrogen-bond acceptors (Lipinski definition) is 10. The molecule has 0 spiro atoms. The number of nitrogens with two attached hydrogens (primary N) is 1. The number of dihydropyridines is 1. The summed E-state index contributed by atoms with van der Waals surface area (Å²) in [6.45, 7) is 21.2. The van der Waals surface area contributed by atoms with Gasteiger partial charge in [0.1, 0.15) is 23.2 Å². The lowest BCUT2D eigenvalue weighted by Crippen LogP contribution is -2.58. The predicted molar refractivity (Wildman–Crippen MR) is 238 cm³/mol. The smallest absolute Gasteiger partial charge is 0.299 e. The van der Waals surface area contributed by atoms with Crippen molar-refractivity contribution in [2.75, 3.05) is 32.8 Å². The van der Waals surface area contributed by atoms with E-state index in [-0.39, 0.29) is 27.5 Å². The molecular weight excluding hydrogens is 759 g/mol. The van der Waals surface area contributed by atoms with Crippen LogP contribution >= 0.6 is 11.3 Å². The molecule has 59 heavy (non-hydrogen) atoms. The molecule has 0 atom stereocenters. The Balaban J connectivity index is 1.03. The predicted octanol–water partition coefficient (Wildman–Crippen LogP) is 9.17. The minimum absolute atomic E-state index is 0.00878. The minimum Gasteiger partial charge on any atom is -0.480 e. The van der Waals surface area contributed by atoms with Gasteiger partial charge in [-0.05, 0) is 143 Å². The molecule has 6 N–H and O–H groups in total. The average Bonchev–Trinajstić information content (AvgIpc) is 3.90. The lowest BCUT2D eigenvalue weighted by atomic mass is 9.48. The second kappa shape index (κ2) is 15.5. The number of likely N-dealkylation sites (tertiary alicyclic amines) is 2. The van der Waals surface area contributed by atoms with Crippen molar-refractivity contribution in [3.05, 3.63) is 82.0 Å². The van der Waals surface area contributed by atoms with Gasteiger partial charge in [0.2, 0.25) is 5.13 Å². The summed E-state index contributed by atoms with van der Waals surface area (Å²) in [4.78, 5) is 13.7. The topological polar surface area (TPSA) is 161 Å². The molecule has 12 nitrogen and oxygen atoms in total. The Labute approximate surface area is 353 Å². The van der Waals surface area contributed by atoms with E-state index in [1.807, 2.05) is 42.3 Å².